The lowest BCUT2D eigenvalue weighted by Crippen LogP contribution is -2.59. The summed E-state index contributed by atoms with van der Waals surface area (Å²) < 4.78 is 0. The summed E-state index contributed by atoms with van der Waals surface area (Å²) in [4.78, 5) is 5.38. The van der Waals surface area contributed by atoms with Crippen LogP contribution >= 0.6 is 0 Å². The zero-order chi connectivity index (χ0) is 17.7. The largest absolute Gasteiger partial charge is 0.329 e. The van der Waals surface area contributed by atoms with Gasteiger partial charge in [0.2, 0.25) is 0 Å². The maximum absolute atomic E-state index is 6.35. The number of nitrogens with two attached hydrogens (primary N) is 1. The third kappa shape index (κ3) is 4.64. The van der Waals surface area contributed by atoms with Crippen LogP contribution in [0.3, 0.4) is 0 Å². The second kappa shape index (κ2) is 8.66. The van der Waals surface area contributed by atoms with Crippen LogP contribution in [0.2, 0.25) is 0 Å². The fourth-order valence-corrected chi connectivity index (χ4v) is 4.88. The third-order valence-corrected chi connectivity index (χ3v) is 6.80. The molecule has 3 nitrogen and oxygen atoms in total. The molecule has 0 spiro atoms. The molecule has 3 heteroatoms. The second-order valence-corrected chi connectivity index (χ2v) is 8.61. The van der Waals surface area contributed by atoms with Gasteiger partial charge in [0, 0.05) is 31.7 Å². The first kappa shape index (κ1) is 18.9. The lowest BCUT2D eigenvalue weighted by atomic mass is 9.85. The molecule has 3 rings (SSSR count). The molecule has 0 bridgehead atoms. The van der Waals surface area contributed by atoms with Gasteiger partial charge in [-0.25, -0.2) is 0 Å². The summed E-state index contributed by atoms with van der Waals surface area (Å²) in [7, 11) is 0. The zero-order valence-electron chi connectivity index (χ0n) is 16.3. The van der Waals surface area contributed by atoms with Crippen molar-refractivity contribution >= 4 is 0 Å². The van der Waals surface area contributed by atoms with E-state index in [0.717, 1.165) is 24.9 Å². The van der Waals surface area contributed by atoms with Gasteiger partial charge in [-0.1, -0.05) is 44.2 Å². The molecule has 0 aliphatic carbocycles. The van der Waals surface area contributed by atoms with E-state index in [0.29, 0.717) is 0 Å². The number of rotatable bonds is 5. The van der Waals surface area contributed by atoms with E-state index in [-0.39, 0.29) is 5.54 Å². The van der Waals surface area contributed by atoms with Gasteiger partial charge in [-0.05, 0) is 62.6 Å². The van der Waals surface area contributed by atoms with Crippen molar-refractivity contribution < 1.29 is 0 Å². The smallest absolute Gasteiger partial charge is 0.0356 e. The molecule has 0 aromatic heterocycles. The summed E-state index contributed by atoms with van der Waals surface area (Å²) in [5.74, 6) is 1.72. The highest BCUT2D eigenvalue weighted by atomic mass is 15.2. The molecule has 0 amide bonds. The summed E-state index contributed by atoms with van der Waals surface area (Å²) in [6.07, 6.45) is 6.55. The number of piperidine rings is 1. The van der Waals surface area contributed by atoms with Crippen molar-refractivity contribution in [3.63, 3.8) is 0 Å². The zero-order valence-corrected chi connectivity index (χ0v) is 16.3. The Hall–Kier alpha value is -0.900. The molecule has 2 N–H and O–H groups in total. The lowest BCUT2D eigenvalue weighted by Gasteiger charge is -2.48. The van der Waals surface area contributed by atoms with Crippen LogP contribution in [0.5, 0.6) is 0 Å². The van der Waals surface area contributed by atoms with Gasteiger partial charge in [0.1, 0.15) is 0 Å². The Morgan fingerprint density at radius 3 is 2.40 bits per heavy atom. The van der Waals surface area contributed by atoms with E-state index in [4.69, 9.17) is 5.73 Å². The van der Waals surface area contributed by atoms with E-state index in [1.165, 1.54) is 63.8 Å². The van der Waals surface area contributed by atoms with Gasteiger partial charge >= 0.3 is 0 Å². The SMILES string of the molecule is CC(C)C1CCCN(C2(CN)CCN(Cc3ccccc3)CC2)CC1. The summed E-state index contributed by atoms with van der Waals surface area (Å²) >= 11 is 0. The Labute approximate surface area is 154 Å². The van der Waals surface area contributed by atoms with Crippen molar-refractivity contribution in [2.75, 3.05) is 32.7 Å². The van der Waals surface area contributed by atoms with Gasteiger partial charge < -0.3 is 5.73 Å². The van der Waals surface area contributed by atoms with Crippen molar-refractivity contribution in [2.24, 2.45) is 17.6 Å². The summed E-state index contributed by atoms with van der Waals surface area (Å²) in [5, 5.41) is 0. The topological polar surface area (TPSA) is 32.5 Å². The molecule has 1 atom stereocenters. The van der Waals surface area contributed by atoms with E-state index >= 15 is 0 Å². The monoisotopic (exact) mass is 343 g/mol. The minimum atomic E-state index is 0.249. The van der Waals surface area contributed by atoms with Crippen LogP contribution in [0.4, 0.5) is 0 Å². The van der Waals surface area contributed by atoms with Gasteiger partial charge in [-0.3, -0.25) is 9.80 Å². The van der Waals surface area contributed by atoms with Crippen molar-refractivity contribution in [3.8, 4) is 0 Å². The van der Waals surface area contributed by atoms with Gasteiger partial charge in [-0.2, -0.15) is 0 Å². The second-order valence-electron chi connectivity index (χ2n) is 8.61. The predicted molar refractivity (Wildman–Crippen MR) is 106 cm³/mol. The molecule has 25 heavy (non-hydrogen) atoms. The van der Waals surface area contributed by atoms with E-state index in [2.05, 4.69) is 54.0 Å². The van der Waals surface area contributed by atoms with Crippen LogP contribution in [0.15, 0.2) is 30.3 Å². The first-order chi connectivity index (χ1) is 12.1. The van der Waals surface area contributed by atoms with E-state index in [9.17, 15) is 0 Å². The minimum absolute atomic E-state index is 0.249. The summed E-state index contributed by atoms with van der Waals surface area (Å²) in [5.41, 5.74) is 8.03. The van der Waals surface area contributed by atoms with Gasteiger partial charge in [0.25, 0.3) is 0 Å². The Morgan fingerprint density at radius 1 is 1.04 bits per heavy atom. The quantitative estimate of drug-likeness (QED) is 0.884. The van der Waals surface area contributed by atoms with E-state index < -0.39 is 0 Å². The first-order valence-corrected chi connectivity index (χ1v) is 10.3. The molecule has 2 aliphatic heterocycles. The highest BCUT2D eigenvalue weighted by Gasteiger charge is 2.39. The van der Waals surface area contributed by atoms with Crippen molar-refractivity contribution in [2.45, 2.75) is 58.0 Å². The molecule has 2 aliphatic rings. The molecule has 1 aromatic rings. The van der Waals surface area contributed by atoms with Crippen molar-refractivity contribution in [3.05, 3.63) is 35.9 Å². The van der Waals surface area contributed by atoms with Crippen LogP contribution in [-0.4, -0.2) is 48.1 Å². The minimum Gasteiger partial charge on any atom is -0.329 e. The van der Waals surface area contributed by atoms with Gasteiger partial charge in [0.05, 0.1) is 0 Å². The lowest BCUT2D eigenvalue weighted by molar-refractivity contribution is 0.0255. The maximum Gasteiger partial charge on any atom is 0.0356 e. The number of nitrogens with zero attached hydrogens (tertiary/aromatic N) is 2. The average Bonchev–Trinajstić information content (AvgIpc) is 2.90. The number of hydrogen-bond acceptors (Lipinski definition) is 3. The Balaban J connectivity index is 1.57. The normalized spacial score (nSPS) is 25.8. The van der Waals surface area contributed by atoms with E-state index in [1.54, 1.807) is 0 Å². The highest BCUT2D eigenvalue weighted by molar-refractivity contribution is 5.14. The molecular formula is C22H37N3. The van der Waals surface area contributed by atoms with Crippen LogP contribution in [-0.2, 0) is 6.54 Å². The first-order valence-electron chi connectivity index (χ1n) is 10.3. The number of hydrogen-bond donors (Lipinski definition) is 1. The van der Waals surface area contributed by atoms with Crippen molar-refractivity contribution in [1.82, 2.24) is 9.80 Å². The molecule has 0 saturated carbocycles. The molecular weight excluding hydrogens is 306 g/mol. The molecule has 2 fully saturated rings. The van der Waals surface area contributed by atoms with E-state index in [1.807, 2.05) is 0 Å². The Bertz CT molecular complexity index is 505. The summed E-state index contributed by atoms with van der Waals surface area (Å²) in [6.45, 7) is 11.5. The summed E-state index contributed by atoms with van der Waals surface area (Å²) in [6, 6.07) is 10.9. The van der Waals surface area contributed by atoms with Crippen LogP contribution < -0.4 is 5.73 Å². The maximum atomic E-state index is 6.35. The van der Waals surface area contributed by atoms with Gasteiger partial charge in [-0.15, -0.1) is 0 Å². The average molecular weight is 344 g/mol. The third-order valence-electron chi connectivity index (χ3n) is 6.80. The fourth-order valence-electron chi connectivity index (χ4n) is 4.88. The molecule has 2 saturated heterocycles. The molecule has 2 heterocycles. The van der Waals surface area contributed by atoms with Crippen molar-refractivity contribution in [1.29, 1.82) is 0 Å². The number of likely N-dealkylation sites (tertiary alicyclic amines) is 2. The van der Waals surface area contributed by atoms with Crippen LogP contribution in [0, 0.1) is 11.8 Å². The Morgan fingerprint density at radius 2 is 1.76 bits per heavy atom. The molecule has 1 aromatic carbocycles. The molecule has 140 valence electrons. The molecule has 0 radical (unpaired) electrons. The van der Waals surface area contributed by atoms with Crippen LogP contribution in [0.1, 0.15) is 51.5 Å². The van der Waals surface area contributed by atoms with Gasteiger partial charge in [0.15, 0.2) is 0 Å². The predicted octanol–water partition coefficient (Wildman–Crippen LogP) is 3.74. The highest BCUT2D eigenvalue weighted by Crippen LogP contribution is 2.33. The number of benzene rings is 1. The fraction of sp³-hybridized carbons (Fsp3) is 0.727. The Kier molecular flexibility index (Phi) is 6.54. The molecule has 1 unspecified atom stereocenters. The van der Waals surface area contributed by atoms with Crippen LogP contribution in [0.25, 0.3) is 0 Å². The standard InChI is InChI=1S/C22H37N3/c1-19(2)21-9-6-13-25(14-10-21)22(18-23)11-15-24(16-12-22)17-20-7-4-3-5-8-20/h3-5,7-8,19,21H,6,9-18,23H2,1-2H3.